The monoisotopic (exact) mass is 426 g/mol. The van der Waals surface area contributed by atoms with Gasteiger partial charge in [0.25, 0.3) is 10.0 Å². The minimum atomic E-state index is -3.54. The van der Waals surface area contributed by atoms with E-state index in [4.69, 9.17) is 11.6 Å². The number of nitrogens with one attached hydrogen (secondary N) is 1. The summed E-state index contributed by atoms with van der Waals surface area (Å²) in [5.41, 5.74) is 0.921. The van der Waals surface area contributed by atoms with Gasteiger partial charge in [0.05, 0.1) is 12.0 Å². The summed E-state index contributed by atoms with van der Waals surface area (Å²) in [7, 11) is -3.54. The van der Waals surface area contributed by atoms with Gasteiger partial charge < -0.3 is 5.32 Å². The van der Waals surface area contributed by atoms with Gasteiger partial charge in [-0.05, 0) is 56.5 Å². The molecule has 1 aliphatic rings. The van der Waals surface area contributed by atoms with Crippen LogP contribution in [-0.4, -0.2) is 31.7 Å². The standard InChI is InChI=1S/C19H23ClN2O3S2/c1-13-8-9-18(26-13)27(24,25)22-10-4-6-16(12-22)19(23)21-14(2)15-5-3-7-17(20)11-15/h3,5,7-9,11,14,16H,4,6,10,12H2,1-2H3,(H,21,23)/t14-,16-/m1/s1. The van der Waals surface area contributed by atoms with Crippen molar-refractivity contribution in [3.05, 3.63) is 51.9 Å². The summed E-state index contributed by atoms with van der Waals surface area (Å²) >= 11 is 7.28. The third-order valence-corrected chi connectivity index (χ3v) is 8.34. The second-order valence-corrected chi connectivity index (χ2v) is 10.7. The number of piperidine rings is 1. The maximum atomic E-state index is 12.8. The van der Waals surface area contributed by atoms with Crippen LogP contribution in [0.15, 0.2) is 40.6 Å². The van der Waals surface area contributed by atoms with E-state index in [2.05, 4.69) is 5.32 Å². The first kappa shape index (κ1) is 20.3. The number of amides is 1. The zero-order chi connectivity index (χ0) is 19.6. The van der Waals surface area contributed by atoms with Crippen LogP contribution in [0.4, 0.5) is 0 Å². The van der Waals surface area contributed by atoms with Crippen LogP contribution in [0.25, 0.3) is 0 Å². The molecule has 0 aliphatic carbocycles. The van der Waals surface area contributed by atoms with Crippen molar-refractivity contribution in [2.45, 2.75) is 36.9 Å². The van der Waals surface area contributed by atoms with Crippen LogP contribution in [0.5, 0.6) is 0 Å². The number of nitrogens with zero attached hydrogens (tertiary/aromatic N) is 1. The van der Waals surface area contributed by atoms with Crippen molar-refractivity contribution in [1.29, 1.82) is 0 Å². The fourth-order valence-corrected chi connectivity index (χ4v) is 6.40. The number of hydrogen-bond acceptors (Lipinski definition) is 4. The smallest absolute Gasteiger partial charge is 0.252 e. The van der Waals surface area contributed by atoms with E-state index in [1.54, 1.807) is 18.2 Å². The molecule has 1 aromatic carbocycles. The van der Waals surface area contributed by atoms with E-state index < -0.39 is 10.0 Å². The highest BCUT2D eigenvalue weighted by atomic mass is 35.5. The lowest BCUT2D eigenvalue weighted by atomic mass is 9.98. The Hall–Kier alpha value is -1.41. The summed E-state index contributed by atoms with van der Waals surface area (Å²) in [5.74, 6) is -0.471. The number of carbonyl (C=O) groups excluding carboxylic acids is 1. The molecule has 0 bridgehead atoms. The number of sulfonamides is 1. The number of hydrogen-bond donors (Lipinski definition) is 1. The Morgan fingerprint density at radius 2 is 2.11 bits per heavy atom. The molecular weight excluding hydrogens is 404 g/mol. The van der Waals surface area contributed by atoms with Gasteiger partial charge in [0.15, 0.2) is 0 Å². The molecular formula is C19H23ClN2O3S2. The largest absolute Gasteiger partial charge is 0.349 e. The highest BCUT2D eigenvalue weighted by Gasteiger charge is 2.34. The van der Waals surface area contributed by atoms with Crippen molar-refractivity contribution in [3.8, 4) is 0 Å². The zero-order valence-corrected chi connectivity index (χ0v) is 17.7. The van der Waals surface area contributed by atoms with E-state index in [-0.39, 0.29) is 24.4 Å². The molecule has 1 amide bonds. The third kappa shape index (κ3) is 4.71. The molecule has 27 heavy (non-hydrogen) atoms. The summed E-state index contributed by atoms with van der Waals surface area (Å²) < 4.78 is 27.5. The molecule has 5 nitrogen and oxygen atoms in total. The second-order valence-electron chi connectivity index (χ2n) is 6.85. The van der Waals surface area contributed by atoms with Gasteiger partial charge in [0.2, 0.25) is 5.91 Å². The Labute approximate surface area is 169 Å². The Kier molecular flexibility index (Phi) is 6.25. The molecule has 0 spiro atoms. The molecule has 1 fully saturated rings. The Morgan fingerprint density at radius 1 is 1.33 bits per heavy atom. The average molecular weight is 427 g/mol. The minimum absolute atomic E-state index is 0.121. The van der Waals surface area contributed by atoms with Gasteiger partial charge in [-0.3, -0.25) is 4.79 Å². The Balaban J connectivity index is 1.67. The quantitative estimate of drug-likeness (QED) is 0.786. The summed E-state index contributed by atoms with van der Waals surface area (Å²) in [6.45, 7) is 4.45. The first-order valence-corrected chi connectivity index (χ1v) is 11.5. The van der Waals surface area contributed by atoms with Gasteiger partial charge in [0, 0.05) is 23.0 Å². The van der Waals surface area contributed by atoms with E-state index in [9.17, 15) is 13.2 Å². The van der Waals surface area contributed by atoms with Crippen molar-refractivity contribution in [2.75, 3.05) is 13.1 Å². The molecule has 1 aromatic heterocycles. The fraction of sp³-hybridized carbons (Fsp3) is 0.421. The highest BCUT2D eigenvalue weighted by Crippen LogP contribution is 2.28. The van der Waals surface area contributed by atoms with E-state index in [0.29, 0.717) is 28.6 Å². The average Bonchev–Trinajstić information content (AvgIpc) is 3.09. The molecule has 3 rings (SSSR count). The first-order valence-electron chi connectivity index (χ1n) is 8.90. The number of benzene rings is 1. The van der Waals surface area contributed by atoms with Crippen LogP contribution in [-0.2, 0) is 14.8 Å². The molecule has 2 atom stereocenters. The van der Waals surface area contributed by atoms with Gasteiger partial charge >= 0.3 is 0 Å². The van der Waals surface area contributed by atoms with Crippen LogP contribution in [0, 0.1) is 12.8 Å². The van der Waals surface area contributed by atoms with Crippen molar-refractivity contribution in [3.63, 3.8) is 0 Å². The van der Waals surface area contributed by atoms with E-state index in [1.807, 2.05) is 32.0 Å². The van der Waals surface area contributed by atoms with Gasteiger partial charge in [-0.25, -0.2) is 8.42 Å². The van der Waals surface area contributed by atoms with Crippen molar-refractivity contribution in [2.24, 2.45) is 5.92 Å². The molecule has 1 N–H and O–H groups in total. The number of rotatable bonds is 5. The molecule has 2 aromatic rings. The van der Waals surface area contributed by atoms with Gasteiger partial charge in [-0.2, -0.15) is 4.31 Å². The topological polar surface area (TPSA) is 66.5 Å². The van der Waals surface area contributed by atoms with Gasteiger partial charge in [0.1, 0.15) is 4.21 Å². The van der Waals surface area contributed by atoms with Crippen LogP contribution in [0.3, 0.4) is 0 Å². The predicted octanol–water partition coefficient (Wildman–Crippen LogP) is 3.99. The maximum Gasteiger partial charge on any atom is 0.252 e. The molecule has 146 valence electrons. The lowest BCUT2D eigenvalue weighted by Gasteiger charge is -2.31. The first-order chi connectivity index (χ1) is 12.8. The van der Waals surface area contributed by atoms with Crippen molar-refractivity contribution in [1.82, 2.24) is 9.62 Å². The number of thiophene rings is 1. The molecule has 8 heteroatoms. The Morgan fingerprint density at radius 3 is 2.78 bits per heavy atom. The summed E-state index contributed by atoms with van der Waals surface area (Å²) in [6.07, 6.45) is 1.36. The molecule has 0 saturated carbocycles. The number of carbonyl (C=O) groups is 1. The lowest BCUT2D eigenvalue weighted by Crippen LogP contribution is -2.45. The van der Waals surface area contributed by atoms with Crippen molar-refractivity contribution < 1.29 is 13.2 Å². The third-order valence-electron chi connectivity index (χ3n) is 4.77. The van der Waals surface area contributed by atoms with E-state index >= 15 is 0 Å². The zero-order valence-electron chi connectivity index (χ0n) is 15.3. The molecule has 0 unspecified atom stereocenters. The fourth-order valence-electron chi connectivity index (χ4n) is 3.24. The normalized spacial score (nSPS) is 19.6. The number of halogens is 1. The van der Waals surface area contributed by atoms with E-state index in [0.717, 1.165) is 10.4 Å². The Bertz CT molecular complexity index is 927. The maximum absolute atomic E-state index is 12.8. The van der Waals surface area contributed by atoms with Crippen LogP contribution in [0.2, 0.25) is 5.02 Å². The van der Waals surface area contributed by atoms with E-state index in [1.165, 1.54) is 15.6 Å². The van der Waals surface area contributed by atoms with Crippen molar-refractivity contribution >= 4 is 38.9 Å². The molecule has 0 radical (unpaired) electrons. The molecule has 1 aliphatic heterocycles. The minimum Gasteiger partial charge on any atom is -0.349 e. The van der Waals surface area contributed by atoms with Crippen LogP contribution >= 0.6 is 22.9 Å². The number of aryl methyl sites for hydroxylation is 1. The van der Waals surface area contributed by atoms with Gasteiger partial charge in [-0.15, -0.1) is 11.3 Å². The second kappa shape index (κ2) is 8.31. The van der Waals surface area contributed by atoms with Gasteiger partial charge in [-0.1, -0.05) is 23.7 Å². The lowest BCUT2D eigenvalue weighted by molar-refractivity contribution is -0.126. The summed E-state index contributed by atoms with van der Waals surface area (Å²) in [4.78, 5) is 13.7. The molecule has 1 saturated heterocycles. The van der Waals surface area contributed by atoms with Crippen LogP contribution in [0.1, 0.15) is 36.2 Å². The highest BCUT2D eigenvalue weighted by molar-refractivity contribution is 7.91. The van der Waals surface area contributed by atoms with Crippen LogP contribution < -0.4 is 5.32 Å². The summed E-state index contributed by atoms with van der Waals surface area (Å²) in [6, 6.07) is 10.6. The molecule has 2 heterocycles. The predicted molar refractivity (Wildman–Crippen MR) is 109 cm³/mol. The summed E-state index contributed by atoms with van der Waals surface area (Å²) in [5, 5.41) is 3.61. The SMILES string of the molecule is Cc1ccc(S(=O)(=O)N2CCC[C@@H](C(=O)N[C@H](C)c3cccc(Cl)c3)C2)s1.